The zero-order chi connectivity index (χ0) is 19.6. The van der Waals surface area contributed by atoms with Crippen LogP contribution < -0.4 is 10.5 Å². The van der Waals surface area contributed by atoms with Gasteiger partial charge in [0.1, 0.15) is 17.4 Å². The van der Waals surface area contributed by atoms with Gasteiger partial charge in [-0.15, -0.1) is 5.10 Å². The minimum absolute atomic E-state index is 0.194. The summed E-state index contributed by atoms with van der Waals surface area (Å²) in [5.74, 6) is 1.19. The fourth-order valence-electron chi connectivity index (χ4n) is 3.32. The number of ether oxygens (including phenoxy) is 1. The van der Waals surface area contributed by atoms with Crippen molar-refractivity contribution in [2.75, 3.05) is 6.54 Å². The van der Waals surface area contributed by atoms with Crippen LogP contribution >= 0.6 is 0 Å². The van der Waals surface area contributed by atoms with Crippen molar-refractivity contribution in [3.05, 3.63) is 78.8 Å². The van der Waals surface area contributed by atoms with Gasteiger partial charge in [-0.1, -0.05) is 18.2 Å². The SMILES string of the molecule is NCC(Cc1ccncc1)Oc1ccc2ncc(-c3cc4ccccc4o3)n2n1. The summed E-state index contributed by atoms with van der Waals surface area (Å²) in [7, 11) is 0. The first-order valence-electron chi connectivity index (χ1n) is 9.39. The number of nitrogens with two attached hydrogens (primary N) is 1. The number of aromatic nitrogens is 4. The van der Waals surface area contributed by atoms with Gasteiger partial charge in [-0.2, -0.15) is 0 Å². The van der Waals surface area contributed by atoms with Gasteiger partial charge in [0.15, 0.2) is 11.4 Å². The van der Waals surface area contributed by atoms with E-state index in [2.05, 4.69) is 15.1 Å². The van der Waals surface area contributed by atoms with Crippen LogP contribution in [0.1, 0.15) is 5.56 Å². The van der Waals surface area contributed by atoms with E-state index >= 15 is 0 Å². The van der Waals surface area contributed by atoms with Gasteiger partial charge in [0.25, 0.3) is 0 Å². The van der Waals surface area contributed by atoms with Crippen molar-refractivity contribution in [1.29, 1.82) is 0 Å². The smallest absolute Gasteiger partial charge is 0.232 e. The molecule has 7 heteroatoms. The van der Waals surface area contributed by atoms with Gasteiger partial charge in [-0.25, -0.2) is 9.50 Å². The first kappa shape index (κ1) is 17.4. The Hall–Kier alpha value is -3.71. The summed E-state index contributed by atoms with van der Waals surface area (Å²) in [6.07, 6.45) is 5.76. The third-order valence-corrected chi connectivity index (χ3v) is 4.78. The molecule has 0 bridgehead atoms. The van der Waals surface area contributed by atoms with Crippen LogP contribution in [0.4, 0.5) is 0 Å². The van der Waals surface area contributed by atoms with E-state index < -0.39 is 0 Å². The van der Waals surface area contributed by atoms with E-state index in [0.29, 0.717) is 30.3 Å². The molecule has 0 saturated heterocycles. The first-order chi connectivity index (χ1) is 14.3. The second-order valence-corrected chi connectivity index (χ2v) is 6.77. The highest BCUT2D eigenvalue weighted by Crippen LogP contribution is 2.28. The third-order valence-electron chi connectivity index (χ3n) is 4.78. The van der Waals surface area contributed by atoms with Crippen LogP contribution in [0, 0.1) is 0 Å². The molecule has 5 rings (SSSR count). The molecule has 1 atom stereocenters. The Morgan fingerprint density at radius 1 is 1.07 bits per heavy atom. The highest BCUT2D eigenvalue weighted by molar-refractivity contribution is 5.82. The van der Waals surface area contributed by atoms with Crippen molar-refractivity contribution in [3.63, 3.8) is 0 Å². The van der Waals surface area contributed by atoms with Crippen LogP contribution in [-0.2, 0) is 6.42 Å². The lowest BCUT2D eigenvalue weighted by atomic mass is 10.1. The van der Waals surface area contributed by atoms with E-state index in [4.69, 9.17) is 14.9 Å². The summed E-state index contributed by atoms with van der Waals surface area (Å²) in [4.78, 5) is 8.47. The summed E-state index contributed by atoms with van der Waals surface area (Å²) in [5, 5.41) is 5.65. The van der Waals surface area contributed by atoms with E-state index in [1.54, 1.807) is 29.2 Å². The van der Waals surface area contributed by atoms with E-state index in [1.807, 2.05) is 48.5 Å². The van der Waals surface area contributed by atoms with Crippen molar-refractivity contribution in [1.82, 2.24) is 19.6 Å². The Labute approximate surface area is 166 Å². The van der Waals surface area contributed by atoms with Crippen LogP contribution in [-0.4, -0.2) is 32.2 Å². The molecule has 1 unspecified atom stereocenters. The number of hydrogen-bond donors (Lipinski definition) is 1. The number of para-hydroxylation sites is 1. The fourth-order valence-corrected chi connectivity index (χ4v) is 3.32. The van der Waals surface area contributed by atoms with Crippen molar-refractivity contribution < 1.29 is 9.15 Å². The molecule has 0 aliphatic rings. The summed E-state index contributed by atoms with van der Waals surface area (Å²) in [5.41, 5.74) is 9.34. The molecular formula is C22H19N5O2. The fraction of sp³-hybridized carbons (Fsp3) is 0.136. The van der Waals surface area contributed by atoms with Crippen LogP contribution in [0.25, 0.3) is 28.1 Å². The lowest BCUT2D eigenvalue weighted by molar-refractivity contribution is 0.198. The summed E-state index contributed by atoms with van der Waals surface area (Å²) < 4.78 is 13.8. The molecule has 7 nitrogen and oxygen atoms in total. The van der Waals surface area contributed by atoms with Gasteiger partial charge in [0.2, 0.25) is 5.88 Å². The quantitative estimate of drug-likeness (QED) is 0.481. The molecule has 0 spiro atoms. The van der Waals surface area contributed by atoms with Gasteiger partial charge in [0, 0.05) is 36.8 Å². The Balaban J connectivity index is 1.45. The number of pyridine rings is 1. The first-order valence-corrected chi connectivity index (χ1v) is 9.39. The van der Waals surface area contributed by atoms with Gasteiger partial charge in [-0.3, -0.25) is 4.98 Å². The lowest BCUT2D eigenvalue weighted by Gasteiger charge is -2.16. The molecule has 0 amide bonds. The highest BCUT2D eigenvalue weighted by atomic mass is 16.5. The van der Waals surface area contributed by atoms with Gasteiger partial charge in [0.05, 0.1) is 6.20 Å². The Bertz CT molecular complexity index is 1230. The van der Waals surface area contributed by atoms with Crippen molar-refractivity contribution >= 4 is 16.6 Å². The molecule has 4 heterocycles. The lowest BCUT2D eigenvalue weighted by Crippen LogP contribution is -2.29. The summed E-state index contributed by atoms with van der Waals surface area (Å²) in [6.45, 7) is 0.377. The average Bonchev–Trinajstić information content (AvgIpc) is 3.37. The number of benzene rings is 1. The number of nitrogens with zero attached hydrogens (tertiary/aromatic N) is 4. The number of rotatable bonds is 6. The molecule has 0 radical (unpaired) electrons. The molecule has 0 aliphatic carbocycles. The van der Waals surface area contributed by atoms with E-state index in [9.17, 15) is 0 Å². The number of hydrogen-bond acceptors (Lipinski definition) is 6. The largest absolute Gasteiger partial charge is 0.472 e. The van der Waals surface area contributed by atoms with Crippen molar-refractivity contribution in [2.45, 2.75) is 12.5 Å². The zero-order valence-corrected chi connectivity index (χ0v) is 15.6. The molecule has 1 aromatic carbocycles. The van der Waals surface area contributed by atoms with E-state index in [-0.39, 0.29) is 6.10 Å². The molecule has 144 valence electrons. The Kier molecular flexibility index (Phi) is 4.42. The minimum atomic E-state index is -0.194. The van der Waals surface area contributed by atoms with Crippen molar-refractivity contribution in [3.8, 4) is 17.3 Å². The van der Waals surface area contributed by atoms with E-state index in [0.717, 1.165) is 22.2 Å². The molecule has 2 N–H and O–H groups in total. The normalized spacial score (nSPS) is 12.4. The number of fused-ring (bicyclic) bond motifs is 2. The summed E-state index contributed by atoms with van der Waals surface area (Å²) in [6, 6.07) is 17.5. The third kappa shape index (κ3) is 3.43. The predicted molar refractivity (Wildman–Crippen MR) is 110 cm³/mol. The maximum absolute atomic E-state index is 6.06. The summed E-state index contributed by atoms with van der Waals surface area (Å²) >= 11 is 0. The molecular weight excluding hydrogens is 366 g/mol. The predicted octanol–water partition coefficient (Wildman–Crippen LogP) is 3.49. The molecule has 0 saturated carbocycles. The van der Waals surface area contributed by atoms with Crippen LogP contribution in [0.5, 0.6) is 5.88 Å². The average molecular weight is 385 g/mol. The Morgan fingerprint density at radius 3 is 2.76 bits per heavy atom. The van der Waals surface area contributed by atoms with Crippen LogP contribution in [0.2, 0.25) is 0 Å². The molecule has 5 aromatic rings. The Morgan fingerprint density at radius 2 is 1.93 bits per heavy atom. The van der Waals surface area contributed by atoms with Gasteiger partial charge in [-0.05, 0) is 35.9 Å². The zero-order valence-electron chi connectivity index (χ0n) is 15.6. The standard InChI is InChI=1S/C22H19N5O2/c23-13-17(11-15-7-9-24-10-8-15)28-22-6-5-21-25-14-18(27(21)26-22)20-12-16-3-1-2-4-19(16)29-20/h1-10,12,14,17H,11,13,23H2. The van der Waals surface area contributed by atoms with Crippen LogP contribution in [0.3, 0.4) is 0 Å². The molecule has 0 aliphatic heterocycles. The maximum atomic E-state index is 6.06. The second-order valence-electron chi connectivity index (χ2n) is 6.77. The molecule has 29 heavy (non-hydrogen) atoms. The van der Waals surface area contributed by atoms with Gasteiger partial charge < -0.3 is 14.9 Å². The minimum Gasteiger partial charge on any atom is -0.472 e. The maximum Gasteiger partial charge on any atom is 0.232 e. The van der Waals surface area contributed by atoms with Crippen molar-refractivity contribution in [2.24, 2.45) is 5.73 Å². The van der Waals surface area contributed by atoms with Gasteiger partial charge >= 0.3 is 0 Å². The van der Waals surface area contributed by atoms with Crippen LogP contribution in [0.15, 0.2) is 77.6 Å². The highest BCUT2D eigenvalue weighted by Gasteiger charge is 2.15. The number of furan rings is 1. The second kappa shape index (κ2) is 7.37. The topological polar surface area (TPSA) is 91.5 Å². The monoisotopic (exact) mass is 385 g/mol. The van der Waals surface area contributed by atoms with E-state index in [1.165, 1.54) is 0 Å². The molecule has 4 aromatic heterocycles. The number of imidazole rings is 1. The molecule has 0 fully saturated rings.